The molecule has 0 bridgehead atoms. The highest BCUT2D eigenvalue weighted by atomic mass is 16.7. The number of carbonyl (C=O) groups is 1. The van der Waals surface area contributed by atoms with Gasteiger partial charge < -0.3 is 9.47 Å². The van der Waals surface area contributed by atoms with Crippen molar-refractivity contribution in [1.29, 1.82) is 0 Å². The lowest BCUT2D eigenvalue weighted by atomic mass is 9.99. The fourth-order valence-electron chi connectivity index (χ4n) is 1.61. The van der Waals surface area contributed by atoms with Crippen LogP contribution in [-0.2, 0) is 14.3 Å². The van der Waals surface area contributed by atoms with Crippen LogP contribution >= 0.6 is 0 Å². The van der Waals surface area contributed by atoms with Gasteiger partial charge in [-0.05, 0) is 18.9 Å². The Bertz CT molecular complexity index is 214. The summed E-state index contributed by atoms with van der Waals surface area (Å²) in [5.41, 5.74) is 0. The van der Waals surface area contributed by atoms with Crippen LogP contribution in [0.25, 0.3) is 0 Å². The molecule has 0 aromatic rings. The molecule has 0 aromatic heterocycles. The molecule has 0 aliphatic carbocycles. The van der Waals surface area contributed by atoms with E-state index in [4.69, 9.17) is 9.47 Å². The molecule has 0 N–H and O–H groups in total. The Hall–Kier alpha value is -0.670. The minimum absolute atomic E-state index is 0.0338. The van der Waals surface area contributed by atoms with E-state index in [0.717, 1.165) is 12.8 Å². The molecule has 3 heteroatoms. The summed E-state index contributed by atoms with van der Waals surface area (Å²) in [6, 6.07) is 0. The second kappa shape index (κ2) is 2.99. The standard InChI is InChI=1S/C9H12O3/c10-8-4-3-7-12-9(8)5-1-2-6-11-9/h3-4H,1-2,5-7H2/t9-/m0/s1. The van der Waals surface area contributed by atoms with E-state index in [-0.39, 0.29) is 5.78 Å². The molecule has 2 aliphatic rings. The zero-order valence-corrected chi connectivity index (χ0v) is 6.91. The van der Waals surface area contributed by atoms with Crippen molar-refractivity contribution < 1.29 is 14.3 Å². The van der Waals surface area contributed by atoms with Crippen molar-refractivity contribution >= 4 is 5.78 Å². The minimum Gasteiger partial charge on any atom is -0.343 e. The Morgan fingerprint density at radius 3 is 2.92 bits per heavy atom. The molecular weight excluding hydrogens is 156 g/mol. The first-order chi connectivity index (χ1) is 5.83. The molecule has 0 saturated carbocycles. The van der Waals surface area contributed by atoms with Crippen molar-refractivity contribution in [2.45, 2.75) is 25.0 Å². The number of carbonyl (C=O) groups excluding carboxylic acids is 1. The summed E-state index contributed by atoms with van der Waals surface area (Å²) >= 11 is 0. The van der Waals surface area contributed by atoms with Crippen LogP contribution in [-0.4, -0.2) is 24.8 Å². The first-order valence-electron chi connectivity index (χ1n) is 4.32. The molecule has 2 aliphatic heterocycles. The van der Waals surface area contributed by atoms with Crippen LogP contribution in [0.15, 0.2) is 12.2 Å². The number of ketones is 1. The van der Waals surface area contributed by atoms with E-state index in [0.29, 0.717) is 19.6 Å². The molecule has 1 atom stereocenters. The van der Waals surface area contributed by atoms with Gasteiger partial charge in [-0.2, -0.15) is 0 Å². The monoisotopic (exact) mass is 168 g/mol. The smallest absolute Gasteiger partial charge is 0.233 e. The van der Waals surface area contributed by atoms with E-state index >= 15 is 0 Å². The maximum atomic E-state index is 11.4. The first kappa shape index (κ1) is 7.95. The highest BCUT2D eigenvalue weighted by molar-refractivity contribution is 5.96. The molecule has 2 heterocycles. The van der Waals surface area contributed by atoms with Gasteiger partial charge in [-0.15, -0.1) is 0 Å². The van der Waals surface area contributed by atoms with Gasteiger partial charge in [-0.25, -0.2) is 0 Å². The summed E-state index contributed by atoms with van der Waals surface area (Å²) < 4.78 is 10.8. The molecule has 66 valence electrons. The maximum Gasteiger partial charge on any atom is 0.233 e. The van der Waals surface area contributed by atoms with Crippen LogP contribution in [0.4, 0.5) is 0 Å². The fourth-order valence-corrected chi connectivity index (χ4v) is 1.61. The summed E-state index contributed by atoms with van der Waals surface area (Å²) in [6.45, 7) is 1.13. The zero-order chi connectivity index (χ0) is 8.44. The third-order valence-electron chi connectivity index (χ3n) is 2.29. The predicted octanol–water partition coefficient (Wildman–Crippen LogP) is 1.04. The van der Waals surface area contributed by atoms with Crippen LogP contribution < -0.4 is 0 Å². The third-order valence-corrected chi connectivity index (χ3v) is 2.29. The highest BCUT2D eigenvalue weighted by Crippen LogP contribution is 2.29. The van der Waals surface area contributed by atoms with Crippen molar-refractivity contribution in [3.63, 3.8) is 0 Å². The van der Waals surface area contributed by atoms with Gasteiger partial charge in [-0.3, -0.25) is 4.79 Å². The lowest BCUT2D eigenvalue weighted by Gasteiger charge is -2.36. The van der Waals surface area contributed by atoms with Gasteiger partial charge in [0.15, 0.2) is 0 Å². The molecule has 3 nitrogen and oxygen atoms in total. The van der Waals surface area contributed by atoms with Gasteiger partial charge in [0.25, 0.3) is 0 Å². The van der Waals surface area contributed by atoms with Gasteiger partial charge in [0, 0.05) is 6.42 Å². The van der Waals surface area contributed by atoms with Crippen LogP contribution in [0.1, 0.15) is 19.3 Å². The van der Waals surface area contributed by atoms with E-state index < -0.39 is 5.79 Å². The zero-order valence-electron chi connectivity index (χ0n) is 6.91. The fraction of sp³-hybridized carbons (Fsp3) is 0.667. The van der Waals surface area contributed by atoms with E-state index in [1.165, 1.54) is 0 Å². The van der Waals surface area contributed by atoms with Crippen LogP contribution in [0.5, 0.6) is 0 Å². The Morgan fingerprint density at radius 2 is 2.25 bits per heavy atom. The van der Waals surface area contributed by atoms with Crippen molar-refractivity contribution in [3.8, 4) is 0 Å². The summed E-state index contributed by atoms with van der Waals surface area (Å²) in [5, 5.41) is 0. The van der Waals surface area contributed by atoms with E-state index in [2.05, 4.69) is 0 Å². The van der Waals surface area contributed by atoms with Crippen molar-refractivity contribution in [3.05, 3.63) is 12.2 Å². The van der Waals surface area contributed by atoms with Crippen LogP contribution in [0, 0.1) is 0 Å². The molecule has 12 heavy (non-hydrogen) atoms. The van der Waals surface area contributed by atoms with E-state index in [9.17, 15) is 4.79 Å². The van der Waals surface area contributed by atoms with Crippen molar-refractivity contribution in [2.24, 2.45) is 0 Å². The first-order valence-corrected chi connectivity index (χ1v) is 4.32. The molecule has 1 fully saturated rings. The molecule has 1 spiro atoms. The largest absolute Gasteiger partial charge is 0.343 e. The summed E-state index contributed by atoms with van der Waals surface area (Å²) in [6.07, 6.45) is 6.04. The summed E-state index contributed by atoms with van der Waals surface area (Å²) in [4.78, 5) is 11.4. The molecule has 2 rings (SSSR count). The molecule has 1 saturated heterocycles. The Kier molecular flexibility index (Phi) is 1.98. The van der Waals surface area contributed by atoms with Gasteiger partial charge in [-0.1, -0.05) is 6.08 Å². The normalized spacial score (nSPS) is 35.8. The second-order valence-corrected chi connectivity index (χ2v) is 3.14. The Morgan fingerprint density at radius 1 is 1.33 bits per heavy atom. The van der Waals surface area contributed by atoms with Gasteiger partial charge in [0.2, 0.25) is 11.6 Å². The topological polar surface area (TPSA) is 35.5 Å². The molecule has 0 radical (unpaired) electrons. The summed E-state index contributed by atoms with van der Waals surface area (Å²) in [5.74, 6) is -0.944. The number of hydrogen-bond acceptors (Lipinski definition) is 3. The highest BCUT2D eigenvalue weighted by Gasteiger charge is 2.41. The quantitative estimate of drug-likeness (QED) is 0.542. The van der Waals surface area contributed by atoms with Gasteiger partial charge >= 0.3 is 0 Å². The predicted molar refractivity (Wildman–Crippen MR) is 42.6 cm³/mol. The maximum absolute atomic E-state index is 11.4. The van der Waals surface area contributed by atoms with E-state index in [1.807, 2.05) is 0 Å². The van der Waals surface area contributed by atoms with Crippen molar-refractivity contribution in [1.82, 2.24) is 0 Å². The average molecular weight is 168 g/mol. The van der Waals surface area contributed by atoms with Crippen LogP contribution in [0.3, 0.4) is 0 Å². The molecule has 0 unspecified atom stereocenters. The number of hydrogen-bond donors (Lipinski definition) is 0. The third kappa shape index (κ3) is 1.19. The molecule has 0 amide bonds. The number of ether oxygens (including phenoxy) is 2. The van der Waals surface area contributed by atoms with Crippen LogP contribution in [0.2, 0.25) is 0 Å². The van der Waals surface area contributed by atoms with Gasteiger partial charge in [0.1, 0.15) is 0 Å². The van der Waals surface area contributed by atoms with E-state index in [1.54, 1.807) is 12.2 Å². The average Bonchev–Trinajstić information content (AvgIpc) is 2.12. The number of rotatable bonds is 0. The molecule has 0 aromatic carbocycles. The minimum atomic E-state index is -0.910. The lowest BCUT2D eigenvalue weighted by Crippen LogP contribution is -2.47. The Labute approximate surface area is 71.3 Å². The Balaban J connectivity index is 2.17. The summed E-state index contributed by atoms with van der Waals surface area (Å²) in [7, 11) is 0. The lowest BCUT2D eigenvalue weighted by molar-refractivity contribution is -0.238. The molecular formula is C9H12O3. The van der Waals surface area contributed by atoms with Gasteiger partial charge in [0.05, 0.1) is 13.2 Å². The SMILES string of the molecule is O=C1C=CCO[C@@]12CCCCO2. The second-order valence-electron chi connectivity index (χ2n) is 3.14. The van der Waals surface area contributed by atoms with Crippen molar-refractivity contribution in [2.75, 3.05) is 13.2 Å².